The van der Waals surface area contributed by atoms with E-state index >= 15 is 0 Å². The zero-order valence-corrected chi connectivity index (χ0v) is 7.34. The smallest absolute Gasteiger partial charge is 0.0689 e. The Bertz CT molecular complexity index is 150. The summed E-state index contributed by atoms with van der Waals surface area (Å²) >= 11 is 0. The summed E-state index contributed by atoms with van der Waals surface area (Å²) in [4.78, 5) is 0. The van der Waals surface area contributed by atoms with Gasteiger partial charge in [0.15, 0.2) is 0 Å². The van der Waals surface area contributed by atoms with Crippen LogP contribution in [0, 0.1) is 5.92 Å². The Hall–Kier alpha value is -0.340. The lowest BCUT2D eigenvalue weighted by Crippen LogP contribution is -2.61. The van der Waals surface area contributed by atoms with Crippen LogP contribution in [-0.2, 0) is 4.74 Å². The van der Waals surface area contributed by atoms with E-state index in [2.05, 4.69) is 26.0 Å². The van der Waals surface area contributed by atoms with Crippen LogP contribution in [0.3, 0.4) is 0 Å². The Morgan fingerprint density at radius 3 is 2.64 bits per heavy atom. The monoisotopic (exact) mass is 155 g/mol. The van der Waals surface area contributed by atoms with Gasteiger partial charge >= 0.3 is 0 Å². The number of allylic oxidation sites excluding steroid dienone is 1. The Morgan fingerprint density at radius 1 is 1.64 bits per heavy atom. The van der Waals surface area contributed by atoms with Crippen molar-refractivity contribution in [3.63, 3.8) is 0 Å². The average molecular weight is 155 g/mol. The van der Waals surface area contributed by atoms with Gasteiger partial charge in [-0.2, -0.15) is 0 Å². The Balaban J connectivity index is 2.39. The molecule has 64 valence electrons. The zero-order valence-electron chi connectivity index (χ0n) is 7.34. The van der Waals surface area contributed by atoms with Crippen molar-refractivity contribution in [2.75, 3.05) is 13.2 Å². The molecule has 1 saturated heterocycles. The summed E-state index contributed by atoms with van der Waals surface area (Å²) in [6.07, 6.45) is 5.43. The lowest BCUT2D eigenvalue weighted by molar-refractivity contribution is -0.0705. The molecule has 11 heavy (non-hydrogen) atoms. The minimum atomic E-state index is -0.0777. The largest absolute Gasteiger partial charge is 0.377 e. The standard InChI is InChI=1S/C9H17NO/c1-3-4-5-8(2)9(10)6-11-7-9/h4-5,8H,3,6-7,10H2,1-2H3/b5-4-. The van der Waals surface area contributed by atoms with Gasteiger partial charge in [-0.25, -0.2) is 0 Å². The maximum atomic E-state index is 6.01. The van der Waals surface area contributed by atoms with Crippen LogP contribution in [0.4, 0.5) is 0 Å². The predicted molar refractivity (Wildman–Crippen MR) is 46.3 cm³/mol. The van der Waals surface area contributed by atoms with Crippen molar-refractivity contribution in [3.8, 4) is 0 Å². The third-order valence-electron chi connectivity index (χ3n) is 2.31. The van der Waals surface area contributed by atoms with Gasteiger partial charge in [0.25, 0.3) is 0 Å². The maximum absolute atomic E-state index is 6.01. The van der Waals surface area contributed by atoms with Crippen LogP contribution in [0.15, 0.2) is 12.2 Å². The van der Waals surface area contributed by atoms with E-state index < -0.39 is 0 Å². The molecule has 0 saturated carbocycles. The molecule has 1 aliphatic rings. The molecule has 0 aliphatic carbocycles. The van der Waals surface area contributed by atoms with Crippen molar-refractivity contribution < 1.29 is 4.74 Å². The molecule has 2 N–H and O–H groups in total. The molecular weight excluding hydrogens is 138 g/mol. The van der Waals surface area contributed by atoms with Crippen molar-refractivity contribution >= 4 is 0 Å². The molecule has 0 radical (unpaired) electrons. The van der Waals surface area contributed by atoms with Crippen LogP contribution < -0.4 is 5.73 Å². The summed E-state index contributed by atoms with van der Waals surface area (Å²) in [7, 11) is 0. The fraction of sp³-hybridized carbons (Fsp3) is 0.778. The molecule has 1 fully saturated rings. The Kier molecular flexibility index (Phi) is 2.68. The van der Waals surface area contributed by atoms with Gasteiger partial charge in [0.1, 0.15) is 0 Å². The Morgan fingerprint density at radius 2 is 2.27 bits per heavy atom. The molecule has 0 spiro atoms. The van der Waals surface area contributed by atoms with E-state index in [9.17, 15) is 0 Å². The van der Waals surface area contributed by atoms with Crippen molar-refractivity contribution in [1.82, 2.24) is 0 Å². The molecule has 1 rings (SSSR count). The van der Waals surface area contributed by atoms with Crippen LogP contribution in [0.1, 0.15) is 20.3 Å². The van der Waals surface area contributed by atoms with E-state index in [0.717, 1.165) is 6.42 Å². The molecule has 0 amide bonds. The summed E-state index contributed by atoms with van der Waals surface area (Å²) in [5, 5.41) is 0. The van der Waals surface area contributed by atoms with Gasteiger partial charge < -0.3 is 10.5 Å². The van der Waals surface area contributed by atoms with E-state index in [4.69, 9.17) is 10.5 Å². The summed E-state index contributed by atoms with van der Waals surface area (Å²) < 4.78 is 5.08. The molecular formula is C9H17NO. The fourth-order valence-corrected chi connectivity index (χ4v) is 1.13. The van der Waals surface area contributed by atoms with E-state index in [1.54, 1.807) is 0 Å². The molecule has 1 aliphatic heterocycles. The molecule has 0 bridgehead atoms. The second-order valence-electron chi connectivity index (χ2n) is 3.35. The highest BCUT2D eigenvalue weighted by molar-refractivity contribution is 5.04. The quantitative estimate of drug-likeness (QED) is 0.624. The van der Waals surface area contributed by atoms with Gasteiger partial charge in [0, 0.05) is 0 Å². The lowest BCUT2D eigenvalue weighted by atomic mass is 9.84. The molecule has 0 aromatic heterocycles. The fourth-order valence-electron chi connectivity index (χ4n) is 1.13. The van der Waals surface area contributed by atoms with Gasteiger partial charge in [-0.3, -0.25) is 0 Å². The number of ether oxygens (including phenoxy) is 1. The highest BCUT2D eigenvalue weighted by Gasteiger charge is 2.38. The van der Waals surface area contributed by atoms with Crippen molar-refractivity contribution in [2.24, 2.45) is 11.7 Å². The van der Waals surface area contributed by atoms with Gasteiger partial charge in [-0.1, -0.05) is 26.0 Å². The predicted octanol–water partition coefficient (Wildman–Crippen LogP) is 1.32. The van der Waals surface area contributed by atoms with Crippen LogP contribution in [0.5, 0.6) is 0 Å². The van der Waals surface area contributed by atoms with Crippen molar-refractivity contribution in [2.45, 2.75) is 25.8 Å². The van der Waals surface area contributed by atoms with Crippen LogP contribution in [0.25, 0.3) is 0 Å². The lowest BCUT2D eigenvalue weighted by Gasteiger charge is -2.41. The van der Waals surface area contributed by atoms with E-state index in [0.29, 0.717) is 19.1 Å². The van der Waals surface area contributed by atoms with E-state index in [1.165, 1.54) is 0 Å². The number of hydrogen-bond acceptors (Lipinski definition) is 2. The molecule has 1 heterocycles. The third-order valence-corrected chi connectivity index (χ3v) is 2.31. The number of rotatable bonds is 3. The van der Waals surface area contributed by atoms with Gasteiger partial charge in [0.05, 0.1) is 18.8 Å². The first-order valence-electron chi connectivity index (χ1n) is 4.22. The maximum Gasteiger partial charge on any atom is 0.0689 e. The molecule has 1 unspecified atom stereocenters. The minimum Gasteiger partial charge on any atom is -0.377 e. The SMILES string of the molecule is CC/C=C\C(C)C1(N)COC1. The van der Waals surface area contributed by atoms with Crippen molar-refractivity contribution in [3.05, 3.63) is 12.2 Å². The summed E-state index contributed by atoms with van der Waals surface area (Å²) in [6, 6.07) is 0. The topological polar surface area (TPSA) is 35.2 Å². The second kappa shape index (κ2) is 3.37. The van der Waals surface area contributed by atoms with E-state index in [-0.39, 0.29) is 5.54 Å². The average Bonchev–Trinajstić information content (AvgIpc) is 1.95. The second-order valence-corrected chi connectivity index (χ2v) is 3.35. The molecule has 1 atom stereocenters. The third kappa shape index (κ3) is 1.82. The van der Waals surface area contributed by atoms with E-state index in [1.807, 2.05) is 0 Å². The normalized spacial score (nSPS) is 25.0. The summed E-state index contributed by atoms with van der Waals surface area (Å²) in [5.74, 6) is 0.441. The van der Waals surface area contributed by atoms with Gasteiger partial charge in [-0.15, -0.1) is 0 Å². The molecule has 2 heteroatoms. The number of nitrogens with two attached hydrogens (primary N) is 1. The van der Waals surface area contributed by atoms with Crippen molar-refractivity contribution in [1.29, 1.82) is 0 Å². The molecule has 0 aromatic rings. The zero-order chi connectivity index (χ0) is 8.32. The molecule has 2 nitrogen and oxygen atoms in total. The first kappa shape index (κ1) is 8.75. The highest BCUT2D eigenvalue weighted by Crippen LogP contribution is 2.24. The first-order chi connectivity index (χ1) is 5.19. The first-order valence-corrected chi connectivity index (χ1v) is 4.22. The minimum absolute atomic E-state index is 0.0777. The highest BCUT2D eigenvalue weighted by atomic mass is 16.5. The van der Waals surface area contributed by atoms with Crippen LogP contribution in [-0.4, -0.2) is 18.8 Å². The van der Waals surface area contributed by atoms with Crippen LogP contribution >= 0.6 is 0 Å². The summed E-state index contributed by atoms with van der Waals surface area (Å²) in [6.45, 7) is 5.70. The number of hydrogen-bond donors (Lipinski definition) is 1. The van der Waals surface area contributed by atoms with Crippen LogP contribution in [0.2, 0.25) is 0 Å². The molecule has 0 aromatic carbocycles. The van der Waals surface area contributed by atoms with Gasteiger partial charge in [-0.05, 0) is 12.3 Å². The summed E-state index contributed by atoms with van der Waals surface area (Å²) in [5.41, 5.74) is 5.93. The Labute approximate surface area is 68.4 Å². The van der Waals surface area contributed by atoms with Gasteiger partial charge in [0.2, 0.25) is 0 Å².